The van der Waals surface area contributed by atoms with Crippen LogP contribution >= 0.6 is 0 Å². The van der Waals surface area contributed by atoms with Crippen molar-refractivity contribution in [3.63, 3.8) is 0 Å². The van der Waals surface area contributed by atoms with Gasteiger partial charge in [0.2, 0.25) is 0 Å². The van der Waals surface area contributed by atoms with Crippen LogP contribution in [-0.4, -0.2) is 39.0 Å². The lowest BCUT2D eigenvalue weighted by molar-refractivity contribution is -0.142. The van der Waals surface area contributed by atoms with Crippen LogP contribution < -0.4 is 10.6 Å². The molecule has 0 spiro atoms. The second-order valence-electron chi connectivity index (χ2n) is 4.43. The van der Waals surface area contributed by atoms with Gasteiger partial charge in [0.25, 0.3) is 5.91 Å². The van der Waals surface area contributed by atoms with Crippen LogP contribution in [0.5, 0.6) is 0 Å². The molecule has 7 heteroatoms. The van der Waals surface area contributed by atoms with Gasteiger partial charge in [-0.2, -0.15) is 0 Å². The van der Waals surface area contributed by atoms with E-state index in [1.165, 1.54) is 12.4 Å². The topological polar surface area (TPSA) is 109 Å². The number of primary amides is 1. The zero-order chi connectivity index (χ0) is 13.3. The summed E-state index contributed by atoms with van der Waals surface area (Å²) in [5.41, 5.74) is 4.17. The number of carboxylic acids is 1. The van der Waals surface area contributed by atoms with Crippen molar-refractivity contribution in [1.29, 1.82) is 0 Å². The van der Waals surface area contributed by atoms with Gasteiger partial charge in [0, 0.05) is 18.9 Å². The molecule has 0 aromatic carbocycles. The van der Waals surface area contributed by atoms with Gasteiger partial charge >= 0.3 is 5.97 Å². The first-order valence-electron chi connectivity index (χ1n) is 5.58. The summed E-state index contributed by atoms with van der Waals surface area (Å²) in [6, 6.07) is 0. The number of carbonyl (C=O) groups is 2. The average molecular weight is 250 g/mol. The van der Waals surface area contributed by atoms with E-state index in [0.717, 1.165) is 6.42 Å². The summed E-state index contributed by atoms with van der Waals surface area (Å²) < 4.78 is 0. The fourth-order valence-electron chi connectivity index (χ4n) is 2.23. The van der Waals surface area contributed by atoms with Crippen molar-refractivity contribution < 1.29 is 14.7 Å². The molecule has 0 bridgehead atoms. The number of hydrogen-bond acceptors (Lipinski definition) is 5. The molecule has 1 saturated heterocycles. The third-order valence-corrected chi connectivity index (χ3v) is 3.27. The standard InChI is InChI=1S/C11H14N4O3/c1-11(10(17)18)3-2-6-15(11)9-7(8(12)16)13-4-5-14-9/h4-5H,2-3,6H2,1H3,(H2,12,16)(H,17,18). The van der Waals surface area contributed by atoms with Gasteiger partial charge < -0.3 is 15.7 Å². The summed E-state index contributed by atoms with van der Waals surface area (Å²) in [4.78, 5) is 32.2. The molecule has 1 unspecified atom stereocenters. The molecule has 2 heterocycles. The van der Waals surface area contributed by atoms with E-state index in [9.17, 15) is 14.7 Å². The Bertz CT molecular complexity index is 505. The Morgan fingerprint density at radius 3 is 2.72 bits per heavy atom. The van der Waals surface area contributed by atoms with E-state index in [1.807, 2.05) is 0 Å². The van der Waals surface area contributed by atoms with Gasteiger partial charge in [0.15, 0.2) is 11.5 Å². The number of anilines is 1. The molecule has 18 heavy (non-hydrogen) atoms. The molecule has 1 aliphatic heterocycles. The molecule has 96 valence electrons. The van der Waals surface area contributed by atoms with Gasteiger partial charge in [-0.25, -0.2) is 14.8 Å². The predicted octanol–water partition coefficient (Wildman–Crippen LogP) is 0.0190. The maximum Gasteiger partial charge on any atom is 0.329 e. The minimum atomic E-state index is -1.07. The van der Waals surface area contributed by atoms with E-state index in [0.29, 0.717) is 13.0 Å². The molecule has 1 aromatic heterocycles. The van der Waals surface area contributed by atoms with Gasteiger partial charge in [-0.15, -0.1) is 0 Å². The summed E-state index contributed by atoms with van der Waals surface area (Å²) in [6.07, 6.45) is 3.99. The molecule has 2 rings (SSSR count). The monoisotopic (exact) mass is 250 g/mol. The molecule has 1 aromatic rings. The third kappa shape index (κ3) is 1.77. The maximum absolute atomic E-state index is 11.4. The predicted molar refractivity (Wildman–Crippen MR) is 63.2 cm³/mol. The normalized spacial score (nSPS) is 23.1. The highest BCUT2D eigenvalue weighted by atomic mass is 16.4. The van der Waals surface area contributed by atoms with Crippen molar-refractivity contribution in [2.75, 3.05) is 11.4 Å². The van der Waals surface area contributed by atoms with Gasteiger partial charge in [0.05, 0.1) is 0 Å². The summed E-state index contributed by atoms with van der Waals surface area (Å²) in [6.45, 7) is 2.13. The molecule has 1 fully saturated rings. The van der Waals surface area contributed by atoms with Gasteiger partial charge in [-0.3, -0.25) is 4.79 Å². The van der Waals surface area contributed by atoms with E-state index in [4.69, 9.17) is 5.73 Å². The number of carboxylic acid groups (broad SMARTS) is 1. The number of aromatic nitrogens is 2. The number of amides is 1. The molecule has 1 amide bonds. The summed E-state index contributed by atoms with van der Waals surface area (Å²) >= 11 is 0. The molecule has 7 nitrogen and oxygen atoms in total. The minimum Gasteiger partial charge on any atom is -0.480 e. The second-order valence-corrected chi connectivity index (χ2v) is 4.43. The second kappa shape index (κ2) is 4.25. The van der Waals surface area contributed by atoms with Crippen molar-refractivity contribution in [2.45, 2.75) is 25.3 Å². The number of hydrogen-bond donors (Lipinski definition) is 2. The molecular formula is C11H14N4O3. The van der Waals surface area contributed by atoms with E-state index in [-0.39, 0.29) is 11.5 Å². The molecular weight excluding hydrogens is 236 g/mol. The van der Waals surface area contributed by atoms with Crippen molar-refractivity contribution in [3.05, 3.63) is 18.1 Å². The largest absolute Gasteiger partial charge is 0.480 e. The summed E-state index contributed by atoms with van der Waals surface area (Å²) in [5, 5.41) is 9.33. The number of rotatable bonds is 3. The highest BCUT2D eigenvalue weighted by Gasteiger charge is 2.45. The highest BCUT2D eigenvalue weighted by Crippen LogP contribution is 2.34. The van der Waals surface area contributed by atoms with Gasteiger partial charge in [-0.05, 0) is 19.8 Å². The van der Waals surface area contributed by atoms with E-state index < -0.39 is 17.4 Å². The van der Waals surface area contributed by atoms with Crippen LogP contribution in [0, 0.1) is 0 Å². The number of nitrogens with two attached hydrogens (primary N) is 1. The Kier molecular flexibility index (Phi) is 2.90. The van der Waals surface area contributed by atoms with Crippen LogP contribution in [0.25, 0.3) is 0 Å². The Labute approximate surface area is 104 Å². The molecule has 1 atom stereocenters. The smallest absolute Gasteiger partial charge is 0.329 e. The Morgan fingerprint density at radius 2 is 2.11 bits per heavy atom. The molecule has 0 saturated carbocycles. The Hall–Kier alpha value is -2.18. The van der Waals surface area contributed by atoms with Crippen molar-refractivity contribution >= 4 is 17.7 Å². The van der Waals surface area contributed by atoms with Crippen LogP contribution in [0.4, 0.5) is 5.82 Å². The lowest BCUT2D eigenvalue weighted by Gasteiger charge is -2.32. The first-order chi connectivity index (χ1) is 8.47. The van der Waals surface area contributed by atoms with Gasteiger partial charge in [0.1, 0.15) is 5.54 Å². The molecule has 0 aliphatic carbocycles. The van der Waals surface area contributed by atoms with Crippen LogP contribution in [0.1, 0.15) is 30.3 Å². The maximum atomic E-state index is 11.4. The van der Waals surface area contributed by atoms with Crippen molar-refractivity contribution in [1.82, 2.24) is 9.97 Å². The fraction of sp³-hybridized carbons (Fsp3) is 0.455. The summed E-state index contributed by atoms with van der Waals surface area (Å²) in [7, 11) is 0. The first kappa shape index (κ1) is 12.3. The highest BCUT2D eigenvalue weighted by molar-refractivity contribution is 5.97. The zero-order valence-electron chi connectivity index (χ0n) is 9.96. The van der Waals surface area contributed by atoms with E-state index in [1.54, 1.807) is 11.8 Å². The van der Waals surface area contributed by atoms with Crippen molar-refractivity contribution in [3.8, 4) is 0 Å². The van der Waals surface area contributed by atoms with Crippen molar-refractivity contribution in [2.24, 2.45) is 5.73 Å². The van der Waals surface area contributed by atoms with Crippen LogP contribution in [-0.2, 0) is 4.79 Å². The number of aliphatic carboxylic acids is 1. The SMILES string of the molecule is CC1(C(=O)O)CCCN1c1nccnc1C(N)=O. The van der Waals surface area contributed by atoms with Gasteiger partial charge in [-0.1, -0.05) is 0 Å². The lowest BCUT2D eigenvalue weighted by Crippen LogP contribution is -2.49. The Morgan fingerprint density at radius 1 is 1.44 bits per heavy atom. The average Bonchev–Trinajstić information content (AvgIpc) is 2.72. The van der Waals surface area contributed by atoms with Crippen LogP contribution in [0.15, 0.2) is 12.4 Å². The van der Waals surface area contributed by atoms with Crippen LogP contribution in [0.2, 0.25) is 0 Å². The van der Waals surface area contributed by atoms with Crippen LogP contribution in [0.3, 0.4) is 0 Å². The quantitative estimate of drug-likeness (QED) is 0.782. The Balaban J connectivity index is 2.49. The minimum absolute atomic E-state index is 0.00637. The fourth-order valence-corrected chi connectivity index (χ4v) is 2.23. The molecule has 0 radical (unpaired) electrons. The molecule has 3 N–H and O–H groups in total. The van der Waals surface area contributed by atoms with E-state index in [2.05, 4.69) is 9.97 Å². The third-order valence-electron chi connectivity index (χ3n) is 3.27. The number of nitrogens with zero attached hydrogens (tertiary/aromatic N) is 3. The number of carbonyl (C=O) groups excluding carboxylic acids is 1. The zero-order valence-corrected chi connectivity index (χ0v) is 9.96. The molecule has 1 aliphatic rings. The summed E-state index contributed by atoms with van der Waals surface area (Å²) in [5.74, 6) is -1.41. The lowest BCUT2D eigenvalue weighted by atomic mass is 9.99. The first-order valence-corrected chi connectivity index (χ1v) is 5.58. The van der Waals surface area contributed by atoms with E-state index >= 15 is 0 Å².